The Morgan fingerprint density at radius 1 is 1.24 bits per heavy atom. The maximum absolute atomic E-state index is 13.2. The lowest BCUT2D eigenvalue weighted by Gasteiger charge is -2.31. The van der Waals surface area contributed by atoms with Crippen LogP contribution in [0.1, 0.15) is 18.4 Å². The van der Waals surface area contributed by atoms with E-state index in [1.54, 1.807) is 4.90 Å². The Balaban J connectivity index is 1.58. The number of benzene rings is 1. The number of aromatic nitrogens is 3. The summed E-state index contributed by atoms with van der Waals surface area (Å²) in [7, 11) is 0. The molecule has 0 N–H and O–H groups in total. The third-order valence-electron chi connectivity index (χ3n) is 4.88. The van der Waals surface area contributed by atoms with Crippen LogP contribution in [0.5, 0.6) is 6.01 Å². The van der Waals surface area contributed by atoms with Crippen molar-refractivity contribution in [3.8, 4) is 6.01 Å². The maximum atomic E-state index is 13.2. The summed E-state index contributed by atoms with van der Waals surface area (Å²) in [5.41, 5.74) is -3.09. The van der Waals surface area contributed by atoms with Crippen LogP contribution >= 0.6 is 22.9 Å². The summed E-state index contributed by atoms with van der Waals surface area (Å²) in [5, 5.41) is 10.7. The first-order chi connectivity index (χ1) is 15.5. The molecule has 15 heteroatoms. The lowest BCUT2D eigenvalue weighted by Crippen LogP contribution is -2.39. The monoisotopic (exact) mass is 505 g/mol. The molecule has 174 valence electrons. The molecule has 0 radical (unpaired) electrons. The van der Waals surface area contributed by atoms with Gasteiger partial charge < -0.3 is 9.64 Å². The molecule has 0 unspecified atom stereocenters. The summed E-state index contributed by atoms with van der Waals surface area (Å²) in [5.74, 6) is -0.785. The number of halogens is 5. The third-order valence-corrected chi connectivity index (χ3v) is 6.31. The number of piperidine rings is 1. The molecular formula is C18H12ClF4N5O4S. The number of rotatable bonds is 4. The molecule has 1 aromatic carbocycles. The topological polar surface area (TPSA) is 111 Å². The molecule has 0 spiro atoms. The van der Waals surface area contributed by atoms with Crippen LogP contribution < -0.4 is 15.2 Å². The predicted molar refractivity (Wildman–Crippen MR) is 110 cm³/mol. The average Bonchev–Trinajstić information content (AvgIpc) is 2.75. The first-order valence-electron chi connectivity index (χ1n) is 9.33. The molecule has 4 rings (SSSR count). The van der Waals surface area contributed by atoms with E-state index in [4.69, 9.17) is 16.3 Å². The number of non-ortho nitro benzene ring substituents is 1. The maximum Gasteiger partial charge on any atom is 0.416 e. The first kappa shape index (κ1) is 23.0. The normalized spacial score (nSPS) is 15.1. The number of ether oxygens (including phenoxy) is 1. The largest absolute Gasteiger partial charge is 0.460 e. The van der Waals surface area contributed by atoms with Crippen molar-refractivity contribution in [3.05, 3.63) is 55.3 Å². The molecule has 1 aliphatic heterocycles. The number of nitro benzene ring substituents is 1. The van der Waals surface area contributed by atoms with E-state index in [0.29, 0.717) is 38.1 Å². The van der Waals surface area contributed by atoms with Gasteiger partial charge in [-0.25, -0.2) is 9.37 Å². The molecule has 2 aromatic heterocycles. The van der Waals surface area contributed by atoms with Crippen LogP contribution in [0.2, 0.25) is 5.15 Å². The molecule has 0 atom stereocenters. The summed E-state index contributed by atoms with van der Waals surface area (Å²) >= 11 is 6.38. The van der Waals surface area contributed by atoms with Crippen molar-refractivity contribution in [2.45, 2.75) is 25.1 Å². The smallest absolute Gasteiger partial charge is 0.416 e. The molecular weight excluding hydrogens is 494 g/mol. The van der Waals surface area contributed by atoms with Gasteiger partial charge in [-0.05, 0) is 6.07 Å². The zero-order valence-corrected chi connectivity index (χ0v) is 17.9. The molecule has 1 saturated heterocycles. The van der Waals surface area contributed by atoms with Crippen LogP contribution in [-0.2, 0) is 6.18 Å². The summed E-state index contributed by atoms with van der Waals surface area (Å²) in [6, 6.07) is 0.895. The number of hydrogen-bond acceptors (Lipinski definition) is 9. The van der Waals surface area contributed by atoms with Crippen LogP contribution in [0.3, 0.4) is 0 Å². The summed E-state index contributed by atoms with van der Waals surface area (Å²) < 4.78 is 57.9. The molecule has 0 bridgehead atoms. The number of fused-ring (bicyclic) bond motifs is 1. The highest BCUT2D eigenvalue weighted by Gasteiger charge is 2.34. The van der Waals surface area contributed by atoms with Crippen molar-refractivity contribution in [2.75, 3.05) is 18.0 Å². The second-order valence-corrected chi connectivity index (χ2v) is 8.36. The highest BCUT2D eigenvalue weighted by Crippen LogP contribution is 2.38. The van der Waals surface area contributed by atoms with Crippen LogP contribution in [0.4, 0.5) is 28.4 Å². The van der Waals surface area contributed by atoms with Gasteiger partial charge in [0.1, 0.15) is 10.8 Å². The Hall–Kier alpha value is -3.13. The Labute approximate surface area is 190 Å². The zero-order chi connectivity index (χ0) is 23.9. The van der Waals surface area contributed by atoms with Crippen LogP contribution in [0.25, 0.3) is 10.1 Å². The van der Waals surface area contributed by atoms with Gasteiger partial charge in [0.2, 0.25) is 0 Å². The lowest BCUT2D eigenvalue weighted by molar-refractivity contribution is -0.383. The van der Waals surface area contributed by atoms with E-state index in [9.17, 15) is 32.5 Å². The minimum absolute atomic E-state index is 0.0931. The predicted octanol–water partition coefficient (Wildman–Crippen LogP) is 4.21. The van der Waals surface area contributed by atoms with Crippen LogP contribution in [-0.4, -0.2) is 39.1 Å². The summed E-state index contributed by atoms with van der Waals surface area (Å²) in [4.78, 5) is 35.8. The standard InChI is InChI=1S/C18H12ClF4N5O4S/c19-14-11(20)7-24-16(25-14)32-9-1-3-27(4-2-9)17-26-15(29)10-5-8(18(21,22)23)6-12(28(30)31)13(10)33-17/h5-7,9H,1-4H2. The number of nitro groups is 1. The van der Waals surface area contributed by atoms with Gasteiger partial charge in [-0.15, -0.1) is 0 Å². The second kappa shape index (κ2) is 8.67. The van der Waals surface area contributed by atoms with E-state index in [-0.39, 0.29) is 27.1 Å². The summed E-state index contributed by atoms with van der Waals surface area (Å²) in [6.45, 7) is 0.672. The van der Waals surface area contributed by atoms with E-state index in [0.717, 1.165) is 17.5 Å². The molecule has 1 fully saturated rings. The number of nitrogens with zero attached hydrogens (tertiary/aromatic N) is 5. The number of anilines is 1. The van der Waals surface area contributed by atoms with Gasteiger partial charge in [0.15, 0.2) is 16.1 Å². The van der Waals surface area contributed by atoms with Gasteiger partial charge in [-0.2, -0.15) is 23.1 Å². The number of hydrogen-bond donors (Lipinski definition) is 0. The van der Waals surface area contributed by atoms with Gasteiger partial charge in [0.25, 0.3) is 11.2 Å². The minimum atomic E-state index is -4.85. The molecule has 3 aromatic rings. The van der Waals surface area contributed by atoms with Crippen molar-refractivity contribution in [1.82, 2.24) is 15.0 Å². The highest BCUT2D eigenvalue weighted by atomic mass is 35.5. The van der Waals surface area contributed by atoms with E-state index in [1.807, 2.05) is 0 Å². The van der Waals surface area contributed by atoms with Crippen molar-refractivity contribution in [3.63, 3.8) is 0 Å². The lowest BCUT2D eigenvalue weighted by atomic mass is 10.1. The minimum Gasteiger partial charge on any atom is -0.460 e. The third kappa shape index (κ3) is 4.80. The molecule has 1 aliphatic rings. The molecule has 0 aliphatic carbocycles. The fraction of sp³-hybridized carbons (Fsp3) is 0.333. The van der Waals surface area contributed by atoms with Crippen molar-refractivity contribution >= 4 is 43.8 Å². The van der Waals surface area contributed by atoms with Gasteiger partial charge >= 0.3 is 12.2 Å². The molecule has 9 nitrogen and oxygen atoms in total. The van der Waals surface area contributed by atoms with Crippen molar-refractivity contribution in [1.29, 1.82) is 0 Å². The Bertz CT molecular complexity index is 1300. The van der Waals surface area contributed by atoms with Gasteiger partial charge in [0, 0.05) is 32.0 Å². The Kier molecular flexibility index (Phi) is 6.05. The van der Waals surface area contributed by atoms with Gasteiger partial charge in [0.05, 0.1) is 22.1 Å². The molecule has 0 amide bonds. The van der Waals surface area contributed by atoms with Crippen molar-refractivity contribution in [2.24, 2.45) is 0 Å². The van der Waals surface area contributed by atoms with E-state index >= 15 is 0 Å². The van der Waals surface area contributed by atoms with E-state index in [2.05, 4.69) is 15.0 Å². The fourth-order valence-corrected chi connectivity index (χ4v) is 4.52. The van der Waals surface area contributed by atoms with Crippen molar-refractivity contribution < 1.29 is 27.2 Å². The molecule has 0 saturated carbocycles. The Morgan fingerprint density at radius 3 is 2.55 bits per heavy atom. The van der Waals surface area contributed by atoms with Crippen LogP contribution in [0, 0.1) is 15.9 Å². The van der Waals surface area contributed by atoms with Gasteiger partial charge in [-0.1, -0.05) is 22.9 Å². The first-order valence-corrected chi connectivity index (χ1v) is 10.5. The molecule has 3 heterocycles. The molecule has 33 heavy (non-hydrogen) atoms. The highest BCUT2D eigenvalue weighted by molar-refractivity contribution is 7.22. The van der Waals surface area contributed by atoms with E-state index in [1.165, 1.54) is 0 Å². The fourth-order valence-electron chi connectivity index (χ4n) is 3.28. The Morgan fingerprint density at radius 2 is 1.94 bits per heavy atom. The number of alkyl halides is 3. The quantitative estimate of drug-likeness (QED) is 0.224. The average molecular weight is 506 g/mol. The summed E-state index contributed by atoms with van der Waals surface area (Å²) in [6.07, 6.45) is -3.46. The SMILES string of the molecule is O=c1nc(N2CCC(Oc3ncc(F)c(Cl)n3)CC2)sc2c([N+](=O)[O-])cc(C(F)(F)F)cc12. The second-order valence-electron chi connectivity index (χ2n) is 7.02. The van der Waals surface area contributed by atoms with Gasteiger partial charge in [-0.3, -0.25) is 14.9 Å². The van der Waals surface area contributed by atoms with E-state index < -0.39 is 39.1 Å². The zero-order valence-electron chi connectivity index (χ0n) is 16.3. The van der Waals surface area contributed by atoms with Crippen LogP contribution in [0.15, 0.2) is 23.1 Å².